The van der Waals surface area contributed by atoms with Crippen LogP contribution in [0.1, 0.15) is 5.56 Å². The molecule has 2 N–H and O–H groups in total. The molecule has 0 atom stereocenters. The van der Waals surface area contributed by atoms with E-state index in [9.17, 15) is 4.39 Å². The number of hydrogen-bond acceptors (Lipinski definition) is 4. The molecule has 1 aromatic heterocycles. The molecular weight excluding hydrogens is 337 g/mol. The predicted molar refractivity (Wildman–Crippen MR) is 81.4 cm³/mol. The second kappa shape index (κ2) is 5.25. The topological polar surface area (TPSA) is 69.6 Å². The van der Waals surface area contributed by atoms with Gasteiger partial charge >= 0.3 is 0 Å². The van der Waals surface area contributed by atoms with E-state index >= 15 is 0 Å². The Labute approximate surface area is 128 Å². The lowest BCUT2D eigenvalue weighted by molar-refractivity contribution is 0.625. The number of rotatable bonds is 2. The van der Waals surface area contributed by atoms with E-state index in [2.05, 4.69) is 31.5 Å². The highest BCUT2D eigenvalue weighted by Crippen LogP contribution is 2.30. The lowest BCUT2D eigenvalue weighted by Crippen LogP contribution is -2.04. The molecule has 1 heterocycles. The molecule has 2 aromatic carbocycles. The van der Waals surface area contributed by atoms with Crippen molar-refractivity contribution in [3.8, 4) is 17.1 Å². The molecule has 0 aliphatic rings. The van der Waals surface area contributed by atoms with E-state index in [0.717, 1.165) is 11.1 Å². The Kier molecular flexibility index (Phi) is 3.42. The molecule has 0 bridgehead atoms. The molecule has 106 valence electrons. The van der Waals surface area contributed by atoms with Crippen molar-refractivity contribution >= 4 is 21.6 Å². The third-order valence-electron chi connectivity index (χ3n) is 3.14. The number of anilines is 1. The Morgan fingerprint density at radius 1 is 1.24 bits per heavy atom. The first-order valence-electron chi connectivity index (χ1n) is 6.17. The summed E-state index contributed by atoms with van der Waals surface area (Å²) in [5.41, 5.74) is 8.99. The highest BCUT2D eigenvalue weighted by atomic mass is 79.9. The summed E-state index contributed by atoms with van der Waals surface area (Å²) in [6, 6.07) is 9.92. The van der Waals surface area contributed by atoms with Crippen LogP contribution in [0.4, 0.5) is 10.1 Å². The number of nitrogen functional groups attached to an aromatic ring is 1. The van der Waals surface area contributed by atoms with Gasteiger partial charge in [0.1, 0.15) is 5.82 Å². The summed E-state index contributed by atoms with van der Waals surface area (Å²) in [4.78, 5) is 0. The first-order chi connectivity index (χ1) is 10.1. The van der Waals surface area contributed by atoms with Crippen molar-refractivity contribution in [2.24, 2.45) is 0 Å². The number of benzene rings is 2. The maximum absolute atomic E-state index is 13.2. The van der Waals surface area contributed by atoms with Crippen molar-refractivity contribution in [1.82, 2.24) is 20.2 Å². The standard InChI is InChI=1S/C14H11BrFN5/c1-8-3-2-4-11(17)13(8)14-18-19-20-21(14)12-6-5-9(16)7-10(12)15/h2-7H,17H2,1H3. The Hall–Kier alpha value is -2.28. The molecule has 0 fully saturated rings. The van der Waals surface area contributed by atoms with Crippen LogP contribution in [0.15, 0.2) is 40.9 Å². The van der Waals surface area contributed by atoms with E-state index in [0.29, 0.717) is 21.7 Å². The van der Waals surface area contributed by atoms with Crippen LogP contribution < -0.4 is 5.73 Å². The molecule has 0 radical (unpaired) electrons. The summed E-state index contributed by atoms with van der Waals surface area (Å²) in [6.45, 7) is 1.93. The predicted octanol–water partition coefficient (Wildman–Crippen LogP) is 3.12. The lowest BCUT2D eigenvalue weighted by Gasteiger charge is -2.10. The van der Waals surface area contributed by atoms with Crippen molar-refractivity contribution in [1.29, 1.82) is 0 Å². The molecule has 0 saturated heterocycles. The fourth-order valence-corrected chi connectivity index (χ4v) is 2.67. The number of nitrogens with two attached hydrogens (primary N) is 1. The largest absolute Gasteiger partial charge is 0.398 e. The van der Waals surface area contributed by atoms with Crippen LogP contribution in [-0.4, -0.2) is 20.2 Å². The second-order valence-electron chi connectivity index (χ2n) is 4.55. The first kappa shape index (κ1) is 13.7. The summed E-state index contributed by atoms with van der Waals surface area (Å²) < 4.78 is 15.3. The normalized spacial score (nSPS) is 10.8. The van der Waals surface area contributed by atoms with Crippen LogP contribution in [0.2, 0.25) is 0 Å². The van der Waals surface area contributed by atoms with Crippen LogP contribution in [-0.2, 0) is 0 Å². The van der Waals surface area contributed by atoms with Gasteiger partial charge in [-0.1, -0.05) is 12.1 Å². The van der Waals surface area contributed by atoms with Gasteiger partial charge in [-0.25, -0.2) is 4.39 Å². The van der Waals surface area contributed by atoms with Gasteiger partial charge in [-0.05, 0) is 63.1 Å². The Bertz CT molecular complexity index is 795. The van der Waals surface area contributed by atoms with Crippen LogP contribution in [0.5, 0.6) is 0 Å². The van der Waals surface area contributed by atoms with E-state index in [1.54, 1.807) is 12.1 Å². The van der Waals surface area contributed by atoms with Crippen molar-refractivity contribution in [3.05, 3.63) is 52.3 Å². The second-order valence-corrected chi connectivity index (χ2v) is 5.40. The minimum absolute atomic E-state index is 0.337. The van der Waals surface area contributed by atoms with Gasteiger partial charge in [-0.3, -0.25) is 0 Å². The fourth-order valence-electron chi connectivity index (χ4n) is 2.15. The molecule has 3 aromatic rings. The van der Waals surface area contributed by atoms with Crippen molar-refractivity contribution in [2.75, 3.05) is 5.73 Å². The third-order valence-corrected chi connectivity index (χ3v) is 3.77. The molecule has 0 aliphatic carbocycles. The van der Waals surface area contributed by atoms with Gasteiger partial charge in [-0.15, -0.1) is 5.10 Å². The van der Waals surface area contributed by atoms with Gasteiger partial charge in [-0.2, -0.15) is 4.68 Å². The Morgan fingerprint density at radius 2 is 2.05 bits per heavy atom. The zero-order valence-corrected chi connectivity index (χ0v) is 12.7. The zero-order valence-electron chi connectivity index (χ0n) is 11.1. The van der Waals surface area contributed by atoms with Crippen LogP contribution in [0.25, 0.3) is 17.1 Å². The smallest absolute Gasteiger partial charge is 0.189 e. The SMILES string of the molecule is Cc1cccc(N)c1-c1nnnn1-c1ccc(F)cc1Br. The van der Waals surface area contributed by atoms with Gasteiger partial charge in [0.15, 0.2) is 5.82 Å². The monoisotopic (exact) mass is 347 g/mol. The minimum atomic E-state index is -0.337. The fraction of sp³-hybridized carbons (Fsp3) is 0.0714. The average Bonchev–Trinajstić information content (AvgIpc) is 2.87. The Balaban J connectivity index is 2.22. The summed E-state index contributed by atoms with van der Waals surface area (Å²) in [6.07, 6.45) is 0. The van der Waals surface area contributed by atoms with Crippen LogP contribution in [0.3, 0.4) is 0 Å². The average molecular weight is 348 g/mol. The molecule has 7 heteroatoms. The van der Waals surface area contributed by atoms with Gasteiger partial charge in [0.25, 0.3) is 0 Å². The van der Waals surface area contributed by atoms with Crippen LogP contribution >= 0.6 is 15.9 Å². The van der Waals surface area contributed by atoms with E-state index in [1.807, 2.05) is 19.1 Å². The number of nitrogens with zero attached hydrogens (tertiary/aromatic N) is 4. The summed E-state index contributed by atoms with van der Waals surface area (Å²) in [5, 5.41) is 11.8. The van der Waals surface area contributed by atoms with Gasteiger partial charge in [0.05, 0.1) is 5.69 Å². The van der Waals surface area contributed by atoms with Crippen molar-refractivity contribution in [3.63, 3.8) is 0 Å². The molecule has 21 heavy (non-hydrogen) atoms. The minimum Gasteiger partial charge on any atom is -0.398 e. The number of halogens is 2. The van der Waals surface area contributed by atoms with E-state index in [-0.39, 0.29) is 5.82 Å². The number of hydrogen-bond donors (Lipinski definition) is 1. The van der Waals surface area contributed by atoms with Gasteiger partial charge in [0.2, 0.25) is 0 Å². The third kappa shape index (κ3) is 2.40. The van der Waals surface area contributed by atoms with Gasteiger partial charge in [0, 0.05) is 15.7 Å². The van der Waals surface area contributed by atoms with E-state index in [1.165, 1.54) is 16.8 Å². The summed E-state index contributed by atoms with van der Waals surface area (Å²) >= 11 is 3.32. The number of aryl methyl sites for hydroxylation is 1. The van der Waals surface area contributed by atoms with Crippen molar-refractivity contribution < 1.29 is 4.39 Å². The molecule has 0 saturated carbocycles. The highest BCUT2D eigenvalue weighted by molar-refractivity contribution is 9.10. The molecule has 0 aliphatic heterocycles. The number of aromatic nitrogens is 4. The maximum atomic E-state index is 13.2. The van der Waals surface area contributed by atoms with Gasteiger partial charge < -0.3 is 5.73 Å². The summed E-state index contributed by atoms with van der Waals surface area (Å²) in [7, 11) is 0. The molecule has 0 unspecified atom stereocenters. The molecule has 3 rings (SSSR count). The summed E-state index contributed by atoms with van der Waals surface area (Å²) in [5.74, 6) is 0.175. The quantitative estimate of drug-likeness (QED) is 0.723. The first-order valence-corrected chi connectivity index (χ1v) is 6.96. The zero-order chi connectivity index (χ0) is 15.0. The number of tetrazole rings is 1. The Morgan fingerprint density at radius 3 is 2.76 bits per heavy atom. The van der Waals surface area contributed by atoms with Crippen molar-refractivity contribution in [2.45, 2.75) is 6.92 Å². The maximum Gasteiger partial charge on any atom is 0.189 e. The molecular formula is C14H11BrFN5. The molecule has 0 spiro atoms. The van der Waals surface area contributed by atoms with E-state index < -0.39 is 0 Å². The lowest BCUT2D eigenvalue weighted by atomic mass is 10.1. The van der Waals surface area contributed by atoms with E-state index in [4.69, 9.17) is 5.73 Å². The highest BCUT2D eigenvalue weighted by Gasteiger charge is 2.17. The molecule has 0 amide bonds. The van der Waals surface area contributed by atoms with Crippen LogP contribution in [0, 0.1) is 12.7 Å². The molecule has 5 nitrogen and oxygen atoms in total.